The second-order valence-corrected chi connectivity index (χ2v) is 3.93. The summed E-state index contributed by atoms with van der Waals surface area (Å²) in [5.74, 6) is 1.58. The number of aliphatic hydroxyl groups excluding tert-OH is 1. The summed E-state index contributed by atoms with van der Waals surface area (Å²) in [6, 6.07) is 7.86. The fraction of sp³-hybridized carbons (Fsp3) is 0.385. The molecule has 0 spiro atoms. The van der Waals surface area contributed by atoms with Gasteiger partial charge in [0.1, 0.15) is 5.76 Å². The molecule has 1 unspecified atom stereocenters. The highest BCUT2D eigenvalue weighted by molar-refractivity contribution is 5.83. The Morgan fingerprint density at radius 3 is 3.00 bits per heavy atom. The third-order valence-corrected chi connectivity index (χ3v) is 2.74. The van der Waals surface area contributed by atoms with E-state index in [0.717, 1.165) is 22.5 Å². The van der Waals surface area contributed by atoms with E-state index in [9.17, 15) is 0 Å². The Labute approximate surface area is 100 Å². The second-order valence-electron chi connectivity index (χ2n) is 3.93. The van der Waals surface area contributed by atoms with Crippen LogP contribution in [0.25, 0.3) is 11.0 Å². The zero-order valence-corrected chi connectivity index (χ0v) is 10.1. The van der Waals surface area contributed by atoms with Crippen molar-refractivity contribution in [2.45, 2.75) is 13.0 Å². The molecule has 0 aliphatic rings. The van der Waals surface area contributed by atoms with E-state index in [-0.39, 0.29) is 12.6 Å². The van der Waals surface area contributed by atoms with E-state index in [1.807, 2.05) is 31.2 Å². The molecule has 1 aromatic carbocycles. The van der Waals surface area contributed by atoms with E-state index in [1.54, 1.807) is 7.11 Å². The molecule has 1 heterocycles. The fourth-order valence-corrected chi connectivity index (χ4v) is 1.81. The van der Waals surface area contributed by atoms with Crippen molar-refractivity contribution < 1.29 is 14.3 Å². The molecule has 92 valence electrons. The van der Waals surface area contributed by atoms with Gasteiger partial charge >= 0.3 is 0 Å². The minimum atomic E-state index is 0.0688. The SMILES string of the molecule is COc1cccc2cc(C(C)NCCO)oc12. The molecule has 2 aromatic rings. The Balaban J connectivity index is 2.31. The Hall–Kier alpha value is -1.52. The Morgan fingerprint density at radius 2 is 2.29 bits per heavy atom. The van der Waals surface area contributed by atoms with Crippen LogP contribution in [0.4, 0.5) is 0 Å². The van der Waals surface area contributed by atoms with Crippen LogP contribution in [0.15, 0.2) is 28.7 Å². The van der Waals surface area contributed by atoms with Crippen LogP contribution in [0, 0.1) is 0 Å². The van der Waals surface area contributed by atoms with Crippen molar-refractivity contribution in [2.24, 2.45) is 0 Å². The zero-order valence-electron chi connectivity index (χ0n) is 10.1. The van der Waals surface area contributed by atoms with Crippen LogP contribution < -0.4 is 10.1 Å². The number of nitrogens with one attached hydrogen (secondary N) is 1. The monoisotopic (exact) mass is 235 g/mol. The van der Waals surface area contributed by atoms with Gasteiger partial charge < -0.3 is 19.6 Å². The van der Waals surface area contributed by atoms with E-state index in [4.69, 9.17) is 14.3 Å². The predicted octanol–water partition coefficient (Wildman–Crippen LogP) is 2.08. The first-order valence-corrected chi connectivity index (χ1v) is 5.67. The van der Waals surface area contributed by atoms with Crippen LogP contribution in [0.5, 0.6) is 5.75 Å². The van der Waals surface area contributed by atoms with Gasteiger partial charge in [0.25, 0.3) is 0 Å². The lowest BCUT2D eigenvalue weighted by Crippen LogP contribution is -2.21. The summed E-state index contributed by atoms with van der Waals surface area (Å²) in [5, 5.41) is 13.0. The van der Waals surface area contributed by atoms with Crippen molar-refractivity contribution in [1.29, 1.82) is 0 Å². The lowest BCUT2D eigenvalue weighted by Gasteiger charge is -2.09. The van der Waals surface area contributed by atoms with Crippen molar-refractivity contribution in [3.63, 3.8) is 0 Å². The van der Waals surface area contributed by atoms with Crippen LogP contribution in [-0.2, 0) is 0 Å². The van der Waals surface area contributed by atoms with E-state index < -0.39 is 0 Å². The first-order valence-electron chi connectivity index (χ1n) is 5.67. The van der Waals surface area contributed by atoms with E-state index >= 15 is 0 Å². The summed E-state index contributed by atoms with van der Waals surface area (Å²) in [5.41, 5.74) is 0.766. The minimum Gasteiger partial charge on any atom is -0.493 e. The maximum absolute atomic E-state index is 8.77. The number of furan rings is 1. The molecule has 2 rings (SSSR count). The summed E-state index contributed by atoms with van der Waals surface area (Å²) in [6.07, 6.45) is 0. The van der Waals surface area contributed by atoms with Gasteiger partial charge in [0, 0.05) is 11.9 Å². The molecule has 0 radical (unpaired) electrons. The smallest absolute Gasteiger partial charge is 0.176 e. The number of benzene rings is 1. The van der Waals surface area contributed by atoms with Gasteiger partial charge in [-0.05, 0) is 19.1 Å². The summed E-state index contributed by atoms with van der Waals surface area (Å²) in [7, 11) is 1.63. The number of hydrogen-bond acceptors (Lipinski definition) is 4. The molecule has 1 atom stereocenters. The van der Waals surface area contributed by atoms with Gasteiger partial charge in [0.2, 0.25) is 0 Å². The van der Waals surface area contributed by atoms with Crippen molar-refractivity contribution >= 4 is 11.0 Å². The quantitative estimate of drug-likeness (QED) is 0.833. The van der Waals surface area contributed by atoms with Gasteiger partial charge in [-0.2, -0.15) is 0 Å². The molecule has 2 N–H and O–H groups in total. The highest BCUT2D eigenvalue weighted by Gasteiger charge is 2.13. The number of aliphatic hydroxyl groups is 1. The summed E-state index contributed by atoms with van der Waals surface area (Å²) in [4.78, 5) is 0. The molecule has 4 nitrogen and oxygen atoms in total. The lowest BCUT2D eigenvalue weighted by atomic mass is 10.2. The molecule has 0 amide bonds. The molecule has 0 aliphatic carbocycles. The standard InChI is InChI=1S/C13H17NO3/c1-9(14-6-7-15)12-8-10-4-3-5-11(16-2)13(10)17-12/h3-5,8-9,14-15H,6-7H2,1-2H3. The summed E-state index contributed by atoms with van der Waals surface area (Å²) >= 11 is 0. The number of fused-ring (bicyclic) bond motifs is 1. The normalized spacial score (nSPS) is 12.9. The Morgan fingerprint density at radius 1 is 1.47 bits per heavy atom. The van der Waals surface area contributed by atoms with Gasteiger partial charge in [-0.1, -0.05) is 12.1 Å². The van der Waals surface area contributed by atoms with Gasteiger partial charge in [0.05, 0.1) is 19.8 Å². The van der Waals surface area contributed by atoms with Crippen molar-refractivity contribution in [3.8, 4) is 5.75 Å². The third-order valence-electron chi connectivity index (χ3n) is 2.74. The van der Waals surface area contributed by atoms with E-state index in [2.05, 4.69) is 5.32 Å². The molecule has 0 fully saturated rings. The lowest BCUT2D eigenvalue weighted by molar-refractivity contribution is 0.282. The number of hydrogen-bond donors (Lipinski definition) is 2. The molecule has 0 bridgehead atoms. The van der Waals surface area contributed by atoms with Crippen molar-refractivity contribution in [3.05, 3.63) is 30.0 Å². The minimum absolute atomic E-state index is 0.0688. The van der Waals surface area contributed by atoms with E-state index in [1.165, 1.54) is 0 Å². The molecule has 0 saturated carbocycles. The van der Waals surface area contributed by atoms with Gasteiger partial charge in [-0.3, -0.25) is 0 Å². The van der Waals surface area contributed by atoms with Crippen molar-refractivity contribution in [1.82, 2.24) is 5.32 Å². The molecule has 17 heavy (non-hydrogen) atoms. The molecule has 1 aromatic heterocycles. The predicted molar refractivity (Wildman–Crippen MR) is 66.3 cm³/mol. The number of methoxy groups -OCH3 is 1. The summed E-state index contributed by atoms with van der Waals surface area (Å²) in [6.45, 7) is 2.67. The average Bonchev–Trinajstić information content (AvgIpc) is 2.79. The number of rotatable bonds is 5. The van der Waals surface area contributed by atoms with Crippen LogP contribution in [0.1, 0.15) is 18.7 Å². The third kappa shape index (κ3) is 2.43. The second kappa shape index (κ2) is 5.21. The average molecular weight is 235 g/mol. The highest BCUT2D eigenvalue weighted by Crippen LogP contribution is 2.30. The van der Waals surface area contributed by atoms with Crippen LogP contribution >= 0.6 is 0 Å². The van der Waals surface area contributed by atoms with Gasteiger partial charge in [0.15, 0.2) is 11.3 Å². The van der Waals surface area contributed by atoms with Crippen LogP contribution in [-0.4, -0.2) is 25.4 Å². The molecule has 0 aliphatic heterocycles. The van der Waals surface area contributed by atoms with Crippen LogP contribution in [0.3, 0.4) is 0 Å². The Bertz CT molecular complexity index is 492. The largest absolute Gasteiger partial charge is 0.493 e. The van der Waals surface area contributed by atoms with Crippen molar-refractivity contribution in [2.75, 3.05) is 20.3 Å². The summed E-state index contributed by atoms with van der Waals surface area (Å²) < 4.78 is 11.0. The van der Waals surface area contributed by atoms with Crippen LogP contribution in [0.2, 0.25) is 0 Å². The molecule has 0 saturated heterocycles. The Kier molecular flexibility index (Phi) is 3.66. The van der Waals surface area contributed by atoms with Gasteiger partial charge in [-0.15, -0.1) is 0 Å². The maximum Gasteiger partial charge on any atom is 0.176 e. The molecule has 4 heteroatoms. The maximum atomic E-state index is 8.77. The zero-order chi connectivity index (χ0) is 12.3. The van der Waals surface area contributed by atoms with E-state index in [0.29, 0.717) is 6.54 Å². The first kappa shape index (κ1) is 12.0. The number of ether oxygens (including phenoxy) is 1. The topological polar surface area (TPSA) is 54.6 Å². The molecular weight excluding hydrogens is 218 g/mol. The molecular formula is C13H17NO3. The number of para-hydroxylation sites is 1. The van der Waals surface area contributed by atoms with Gasteiger partial charge in [-0.25, -0.2) is 0 Å². The first-order chi connectivity index (χ1) is 8.26. The fourth-order valence-electron chi connectivity index (χ4n) is 1.81. The highest BCUT2D eigenvalue weighted by atomic mass is 16.5.